The minimum Gasteiger partial charge on any atom is -0.309 e. The highest BCUT2D eigenvalue weighted by Crippen LogP contribution is 2.52. The quantitative estimate of drug-likeness (QED) is 0.140. The Labute approximate surface area is 472 Å². The minimum atomic E-state index is 1.13. The van der Waals surface area contributed by atoms with E-state index in [9.17, 15) is 0 Å². The summed E-state index contributed by atoms with van der Waals surface area (Å²) in [6.07, 6.45) is 0. The third-order valence-corrected chi connectivity index (χ3v) is 19.4. The van der Waals surface area contributed by atoms with Crippen LogP contribution >= 0.6 is 22.7 Å². The highest BCUT2D eigenvalue weighted by atomic mass is 32.1. The van der Waals surface area contributed by atoms with E-state index >= 15 is 0 Å². The molecule has 378 valence electrons. The molecule has 0 spiro atoms. The lowest BCUT2D eigenvalue weighted by Gasteiger charge is -2.32. The molecule has 16 aromatic rings. The van der Waals surface area contributed by atoms with Crippen LogP contribution in [0, 0.1) is 27.7 Å². The van der Waals surface area contributed by atoms with E-state index in [1.54, 1.807) is 0 Å². The van der Waals surface area contributed by atoms with Crippen LogP contribution in [0.25, 0.3) is 116 Å². The summed E-state index contributed by atoms with van der Waals surface area (Å²) in [6, 6.07) is 90.8. The second-order valence-electron chi connectivity index (χ2n) is 21.7. The van der Waals surface area contributed by atoms with E-state index in [1.165, 1.54) is 150 Å². The smallest absolute Gasteiger partial charge is 0.0540 e. The lowest BCUT2D eigenvalue weighted by Crippen LogP contribution is -2.14. The molecule has 80 heavy (non-hydrogen) atoms. The third kappa shape index (κ3) is 7.09. The highest BCUT2D eigenvalue weighted by molar-refractivity contribution is 7.27. The molecule has 0 fully saturated rings. The third-order valence-electron chi connectivity index (χ3n) is 17.0. The molecule has 0 aliphatic rings. The van der Waals surface area contributed by atoms with Gasteiger partial charge in [-0.3, -0.25) is 0 Å². The standard InChI is InChI=1S/C76H52N2S2/c1-45-41-53(59-25-15-27-63-71-57-23-13-11-17-49(57)33-39-67(71)79-75(59)63)42-46(2)73(45)77(55-19-7-5-8-20-55)65-37-31-51-30-36-62-66(38-32-52-29-35-61(65)69(51)70(52)62)78(56-21-9-6-10-22-56)74-47(3)43-54(44-48(74)4)60-26-16-28-64-72-58-24-14-12-18-50(58)34-40-68(72)80-76(60)64/h5-44H,1-4H3. The van der Waals surface area contributed by atoms with Crippen molar-refractivity contribution in [3.8, 4) is 22.3 Å². The van der Waals surface area contributed by atoms with Gasteiger partial charge in [-0.2, -0.15) is 0 Å². The molecule has 16 rings (SSSR count). The van der Waals surface area contributed by atoms with Gasteiger partial charge in [-0.05, 0) is 188 Å². The number of benzene rings is 14. The molecule has 0 aliphatic carbocycles. The van der Waals surface area contributed by atoms with E-state index in [0.717, 1.165) is 22.7 Å². The Morgan fingerprint density at radius 2 is 0.637 bits per heavy atom. The van der Waals surface area contributed by atoms with Crippen molar-refractivity contribution in [2.24, 2.45) is 0 Å². The SMILES string of the molecule is Cc1cc(-c2cccc3c2sc2ccc4ccccc4c23)cc(C)c1N(c1ccccc1)c1ccc2ccc3c(N(c4ccccc4)c4c(C)cc(-c5cccc6c5sc5ccc7ccccc7c56)cc4C)ccc4ccc1c2c43. The molecular weight excluding hydrogens is 1000 g/mol. The number of hydrogen-bond donors (Lipinski definition) is 0. The molecule has 0 unspecified atom stereocenters. The van der Waals surface area contributed by atoms with Gasteiger partial charge >= 0.3 is 0 Å². The monoisotopic (exact) mass is 1060 g/mol. The van der Waals surface area contributed by atoms with Crippen molar-refractivity contribution < 1.29 is 0 Å². The van der Waals surface area contributed by atoms with Crippen molar-refractivity contribution in [3.05, 3.63) is 265 Å². The first-order valence-electron chi connectivity index (χ1n) is 27.6. The average Bonchev–Trinajstić information content (AvgIpc) is 4.22. The summed E-state index contributed by atoms with van der Waals surface area (Å²) in [7, 11) is 0. The first-order chi connectivity index (χ1) is 39.3. The maximum Gasteiger partial charge on any atom is 0.0540 e. The van der Waals surface area contributed by atoms with E-state index in [1.807, 2.05) is 22.7 Å². The number of fused-ring (bicyclic) bond motifs is 10. The maximum absolute atomic E-state index is 2.51. The molecule has 0 atom stereocenters. The van der Waals surface area contributed by atoms with Gasteiger partial charge in [0.1, 0.15) is 0 Å². The summed E-state index contributed by atoms with van der Waals surface area (Å²) < 4.78 is 5.32. The van der Waals surface area contributed by atoms with Gasteiger partial charge < -0.3 is 9.80 Å². The van der Waals surface area contributed by atoms with Crippen LogP contribution in [0.2, 0.25) is 0 Å². The average molecular weight is 1060 g/mol. The summed E-state index contributed by atoms with van der Waals surface area (Å²) in [6.45, 7) is 9.18. The number of rotatable bonds is 8. The molecule has 0 amide bonds. The van der Waals surface area contributed by atoms with Crippen LogP contribution < -0.4 is 9.80 Å². The molecule has 4 heteroatoms. The Hall–Kier alpha value is -9.32. The normalized spacial score (nSPS) is 12.0. The van der Waals surface area contributed by atoms with Crippen molar-refractivity contribution in [1.82, 2.24) is 0 Å². The highest BCUT2D eigenvalue weighted by Gasteiger charge is 2.26. The first kappa shape index (κ1) is 46.7. The van der Waals surface area contributed by atoms with Gasteiger partial charge in [0.2, 0.25) is 0 Å². The fourth-order valence-electron chi connectivity index (χ4n) is 13.6. The van der Waals surface area contributed by atoms with Crippen molar-refractivity contribution in [3.63, 3.8) is 0 Å². The van der Waals surface area contributed by atoms with E-state index in [4.69, 9.17) is 0 Å². The van der Waals surface area contributed by atoms with Crippen LogP contribution in [0.4, 0.5) is 34.1 Å². The Kier molecular flexibility index (Phi) is 10.6. The van der Waals surface area contributed by atoms with Crippen LogP contribution in [0.5, 0.6) is 0 Å². The number of aryl methyl sites for hydroxylation is 4. The minimum absolute atomic E-state index is 1.13. The van der Waals surface area contributed by atoms with Gasteiger partial charge in [0.25, 0.3) is 0 Å². The van der Waals surface area contributed by atoms with Gasteiger partial charge in [-0.1, -0.05) is 170 Å². The second-order valence-corrected chi connectivity index (χ2v) is 23.8. The van der Waals surface area contributed by atoms with Gasteiger partial charge in [0.05, 0.1) is 22.7 Å². The molecule has 0 N–H and O–H groups in total. The fourth-order valence-corrected chi connectivity index (χ4v) is 16.1. The van der Waals surface area contributed by atoms with Crippen molar-refractivity contribution >= 4 is 151 Å². The first-order valence-corrected chi connectivity index (χ1v) is 29.3. The zero-order valence-corrected chi connectivity index (χ0v) is 46.4. The van der Waals surface area contributed by atoms with Crippen LogP contribution in [0.15, 0.2) is 243 Å². The number of anilines is 6. The Morgan fingerprint density at radius 3 is 1.06 bits per heavy atom. The summed E-state index contributed by atoms with van der Waals surface area (Å²) in [4.78, 5) is 5.03. The molecular formula is C76H52N2S2. The van der Waals surface area contributed by atoms with Gasteiger partial charge in [0, 0.05) is 62.5 Å². The zero-order chi connectivity index (χ0) is 53.3. The molecule has 0 saturated heterocycles. The molecule has 2 aromatic heterocycles. The number of hydrogen-bond acceptors (Lipinski definition) is 4. The predicted molar refractivity (Wildman–Crippen MR) is 350 cm³/mol. The van der Waals surface area contributed by atoms with Crippen LogP contribution in [0.1, 0.15) is 22.3 Å². The van der Waals surface area contributed by atoms with Gasteiger partial charge in [-0.15, -0.1) is 22.7 Å². The fraction of sp³-hybridized carbons (Fsp3) is 0.0526. The summed E-state index contributed by atoms with van der Waals surface area (Å²) >= 11 is 3.81. The maximum atomic E-state index is 2.51. The zero-order valence-electron chi connectivity index (χ0n) is 44.8. The Bertz CT molecular complexity index is 4810. The summed E-state index contributed by atoms with van der Waals surface area (Å²) in [5.41, 5.74) is 16.9. The van der Waals surface area contributed by atoms with Crippen LogP contribution in [0.3, 0.4) is 0 Å². The molecule has 0 radical (unpaired) electrons. The molecule has 0 saturated carbocycles. The molecule has 0 bridgehead atoms. The summed E-state index contributed by atoms with van der Waals surface area (Å²) in [5.74, 6) is 0. The largest absolute Gasteiger partial charge is 0.309 e. The van der Waals surface area contributed by atoms with E-state index in [0.29, 0.717) is 0 Å². The topological polar surface area (TPSA) is 6.48 Å². The number of para-hydroxylation sites is 2. The van der Waals surface area contributed by atoms with E-state index < -0.39 is 0 Å². The van der Waals surface area contributed by atoms with E-state index in [2.05, 4.69) is 280 Å². The van der Waals surface area contributed by atoms with Gasteiger partial charge in [0.15, 0.2) is 0 Å². The van der Waals surface area contributed by atoms with Crippen molar-refractivity contribution in [1.29, 1.82) is 0 Å². The molecule has 2 heterocycles. The van der Waals surface area contributed by atoms with Crippen molar-refractivity contribution in [2.75, 3.05) is 9.80 Å². The predicted octanol–water partition coefficient (Wildman–Crippen LogP) is 23.1. The molecule has 0 aliphatic heterocycles. The molecule has 2 nitrogen and oxygen atoms in total. The number of thiophene rings is 2. The van der Waals surface area contributed by atoms with E-state index in [-0.39, 0.29) is 0 Å². The number of nitrogens with zero attached hydrogens (tertiary/aromatic N) is 2. The molecule has 14 aromatic carbocycles. The second kappa shape index (κ2) is 18.1. The lowest BCUT2D eigenvalue weighted by atomic mass is 9.91. The lowest BCUT2D eigenvalue weighted by molar-refractivity contribution is 1.23. The van der Waals surface area contributed by atoms with Crippen molar-refractivity contribution in [2.45, 2.75) is 27.7 Å². The summed E-state index contributed by atoms with van der Waals surface area (Å²) in [5, 5.41) is 18.0. The Morgan fingerprint density at radius 1 is 0.275 bits per heavy atom. The van der Waals surface area contributed by atoms with Crippen LogP contribution in [-0.4, -0.2) is 0 Å². The van der Waals surface area contributed by atoms with Gasteiger partial charge in [-0.25, -0.2) is 0 Å². The van der Waals surface area contributed by atoms with Crippen LogP contribution in [-0.2, 0) is 0 Å². The Balaban J connectivity index is 0.849.